The van der Waals surface area contributed by atoms with Crippen LogP contribution in [0.1, 0.15) is 12.5 Å². The molecule has 0 aliphatic carbocycles. The highest BCUT2D eigenvalue weighted by Crippen LogP contribution is 2.21. The van der Waals surface area contributed by atoms with Crippen LogP contribution in [0.25, 0.3) is 10.8 Å². The molecular formula is C14H12N2O2. The van der Waals surface area contributed by atoms with Crippen LogP contribution in [0.5, 0.6) is 0 Å². The summed E-state index contributed by atoms with van der Waals surface area (Å²) >= 11 is 0. The van der Waals surface area contributed by atoms with Crippen molar-refractivity contribution in [1.29, 1.82) is 0 Å². The zero-order chi connectivity index (χ0) is 13.0. The molecular weight excluding hydrogens is 228 g/mol. The number of fused-ring (bicyclic) bond motifs is 1. The third-order valence-electron chi connectivity index (χ3n) is 2.40. The first-order valence-corrected chi connectivity index (χ1v) is 5.54. The Morgan fingerprint density at radius 2 is 2.11 bits per heavy atom. The number of nitrogen functional groups attached to an aromatic ring is 1. The first-order valence-electron chi connectivity index (χ1n) is 5.54. The second-order valence-electron chi connectivity index (χ2n) is 3.57. The predicted molar refractivity (Wildman–Crippen MR) is 69.7 cm³/mol. The molecule has 2 N–H and O–H groups in total. The Labute approximate surface area is 105 Å². The van der Waals surface area contributed by atoms with E-state index >= 15 is 0 Å². The maximum Gasteiger partial charge on any atom is 0.384 e. The van der Waals surface area contributed by atoms with Gasteiger partial charge in [-0.05, 0) is 6.92 Å². The molecule has 90 valence electrons. The molecule has 4 nitrogen and oxygen atoms in total. The molecule has 0 saturated heterocycles. The number of benzene rings is 1. The number of rotatable bonds is 1. The van der Waals surface area contributed by atoms with Crippen molar-refractivity contribution in [1.82, 2.24) is 4.98 Å². The molecule has 1 aromatic heterocycles. The summed E-state index contributed by atoms with van der Waals surface area (Å²) in [5.74, 6) is 5.08. The summed E-state index contributed by atoms with van der Waals surface area (Å²) < 4.78 is 4.74. The summed E-state index contributed by atoms with van der Waals surface area (Å²) in [6.07, 6.45) is 1.56. The van der Waals surface area contributed by atoms with Crippen LogP contribution in [0, 0.1) is 11.8 Å². The van der Waals surface area contributed by atoms with Crippen LogP contribution >= 0.6 is 0 Å². The molecule has 0 spiro atoms. The lowest BCUT2D eigenvalue weighted by molar-refractivity contribution is -0.136. The summed E-state index contributed by atoms with van der Waals surface area (Å²) in [5, 5.41) is 1.70. The van der Waals surface area contributed by atoms with Gasteiger partial charge in [0.2, 0.25) is 0 Å². The van der Waals surface area contributed by atoms with Crippen molar-refractivity contribution in [2.24, 2.45) is 0 Å². The van der Waals surface area contributed by atoms with Crippen LogP contribution < -0.4 is 5.73 Å². The van der Waals surface area contributed by atoms with Gasteiger partial charge in [0, 0.05) is 22.9 Å². The fraction of sp³-hybridized carbons (Fsp3) is 0.143. The van der Waals surface area contributed by atoms with Gasteiger partial charge in [0.05, 0.1) is 12.2 Å². The van der Waals surface area contributed by atoms with E-state index in [1.807, 2.05) is 24.3 Å². The highest BCUT2D eigenvalue weighted by Gasteiger charge is 2.03. The number of hydrogen-bond acceptors (Lipinski definition) is 4. The molecule has 0 fully saturated rings. The maximum absolute atomic E-state index is 11.2. The Balaban J connectivity index is 2.46. The van der Waals surface area contributed by atoms with Crippen molar-refractivity contribution >= 4 is 22.6 Å². The molecule has 2 aromatic rings. The summed E-state index contributed by atoms with van der Waals surface area (Å²) in [6.45, 7) is 2.05. The lowest BCUT2D eigenvalue weighted by Gasteiger charge is -2.02. The molecule has 0 bridgehead atoms. The Bertz CT molecular complexity index is 654. The molecule has 4 heteroatoms. The first kappa shape index (κ1) is 11.9. The van der Waals surface area contributed by atoms with Crippen LogP contribution in [0.2, 0.25) is 0 Å². The largest absolute Gasteiger partial charge is 0.456 e. The molecule has 0 amide bonds. The smallest absolute Gasteiger partial charge is 0.384 e. The second-order valence-corrected chi connectivity index (χ2v) is 3.57. The van der Waals surface area contributed by atoms with E-state index in [4.69, 9.17) is 10.5 Å². The van der Waals surface area contributed by atoms with E-state index in [-0.39, 0.29) is 0 Å². The number of ether oxygens (including phenoxy) is 1. The highest BCUT2D eigenvalue weighted by molar-refractivity contribution is 5.96. The van der Waals surface area contributed by atoms with Crippen molar-refractivity contribution in [3.05, 3.63) is 36.0 Å². The van der Waals surface area contributed by atoms with Gasteiger partial charge in [-0.2, -0.15) is 0 Å². The summed E-state index contributed by atoms with van der Waals surface area (Å²) in [4.78, 5) is 15.2. The zero-order valence-electron chi connectivity index (χ0n) is 9.93. The number of nitrogens with zero attached hydrogens (tertiary/aromatic N) is 1. The molecule has 18 heavy (non-hydrogen) atoms. The van der Waals surface area contributed by atoms with E-state index in [9.17, 15) is 4.79 Å². The fourth-order valence-electron chi connectivity index (χ4n) is 1.60. The van der Waals surface area contributed by atoms with E-state index < -0.39 is 5.97 Å². The van der Waals surface area contributed by atoms with Gasteiger partial charge >= 0.3 is 5.97 Å². The van der Waals surface area contributed by atoms with Gasteiger partial charge in [-0.1, -0.05) is 30.2 Å². The third-order valence-corrected chi connectivity index (χ3v) is 2.40. The van der Waals surface area contributed by atoms with Crippen LogP contribution in [0.3, 0.4) is 0 Å². The SMILES string of the molecule is CCOC(=O)C#Cc1cnc(N)c2ccccc12. The highest BCUT2D eigenvalue weighted by atomic mass is 16.5. The predicted octanol–water partition coefficient (Wildman–Crippen LogP) is 1.73. The molecule has 0 saturated carbocycles. The van der Waals surface area contributed by atoms with E-state index in [1.54, 1.807) is 13.1 Å². The second kappa shape index (κ2) is 5.19. The average Bonchev–Trinajstić information content (AvgIpc) is 2.39. The molecule has 0 atom stereocenters. The zero-order valence-corrected chi connectivity index (χ0v) is 9.93. The summed E-state index contributed by atoms with van der Waals surface area (Å²) in [5.41, 5.74) is 6.44. The van der Waals surface area contributed by atoms with Crippen molar-refractivity contribution < 1.29 is 9.53 Å². The van der Waals surface area contributed by atoms with Crippen LogP contribution in [0.4, 0.5) is 5.82 Å². The quantitative estimate of drug-likeness (QED) is 0.609. The van der Waals surface area contributed by atoms with Gasteiger partial charge in [0.15, 0.2) is 0 Å². The van der Waals surface area contributed by atoms with E-state index in [0.717, 1.165) is 10.8 Å². The van der Waals surface area contributed by atoms with E-state index in [1.165, 1.54) is 0 Å². The number of pyridine rings is 1. The van der Waals surface area contributed by atoms with Crippen LogP contribution in [0.15, 0.2) is 30.5 Å². The van der Waals surface area contributed by atoms with Gasteiger partial charge in [0.25, 0.3) is 0 Å². The Morgan fingerprint density at radius 3 is 2.83 bits per heavy atom. The van der Waals surface area contributed by atoms with Crippen molar-refractivity contribution in [2.75, 3.05) is 12.3 Å². The van der Waals surface area contributed by atoms with Crippen molar-refractivity contribution in [3.63, 3.8) is 0 Å². The lowest BCUT2D eigenvalue weighted by Crippen LogP contribution is -2.00. The minimum Gasteiger partial charge on any atom is -0.456 e. The number of carbonyl (C=O) groups excluding carboxylic acids is 1. The van der Waals surface area contributed by atoms with Gasteiger partial charge in [-0.15, -0.1) is 0 Å². The molecule has 0 aliphatic rings. The maximum atomic E-state index is 11.2. The number of esters is 1. The molecule has 0 aliphatic heterocycles. The van der Waals surface area contributed by atoms with Gasteiger partial charge in [-0.25, -0.2) is 9.78 Å². The van der Waals surface area contributed by atoms with Crippen molar-refractivity contribution in [3.8, 4) is 11.8 Å². The van der Waals surface area contributed by atoms with E-state index in [0.29, 0.717) is 18.0 Å². The number of anilines is 1. The van der Waals surface area contributed by atoms with Crippen LogP contribution in [-0.2, 0) is 9.53 Å². The van der Waals surface area contributed by atoms with Gasteiger partial charge in [-0.3, -0.25) is 0 Å². The topological polar surface area (TPSA) is 65.2 Å². The van der Waals surface area contributed by atoms with Crippen molar-refractivity contribution in [2.45, 2.75) is 6.92 Å². The minimum atomic E-state index is -0.543. The van der Waals surface area contributed by atoms with E-state index in [2.05, 4.69) is 16.8 Å². The number of hydrogen-bond donors (Lipinski definition) is 1. The molecule has 1 aromatic carbocycles. The normalized spacial score (nSPS) is 9.61. The molecule has 2 rings (SSSR count). The lowest BCUT2D eigenvalue weighted by atomic mass is 10.1. The fourth-order valence-corrected chi connectivity index (χ4v) is 1.60. The van der Waals surface area contributed by atoms with Gasteiger partial charge in [0.1, 0.15) is 5.82 Å². The minimum absolute atomic E-state index is 0.314. The molecule has 0 unspecified atom stereocenters. The van der Waals surface area contributed by atoms with Crippen LogP contribution in [-0.4, -0.2) is 17.6 Å². The Morgan fingerprint density at radius 1 is 1.39 bits per heavy atom. The molecule has 1 heterocycles. The monoisotopic (exact) mass is 240 g/mol. The number of nitrogens with two attached hydrogens (primary N) is 1. The summed E-state index contributed by atoms with van der Waals surface area (Å²) in [7, 11) is 0. The number of aromatic nitrogens is 1. The number of carbonyl (C=O) groups is 1. The Hall–Kier alpha value is -2.54. The summed E-state index contributed by atoms with van der Waals surface area (Å²) in [6, 6.07) is 7.52. The van der Waals surface area contributed by atoms with Gasteiger partial charge < -0.3 is 10.5 Å². The third kappa shape index (κ3) is 2.41. The first-order chi connectivity index (χ1) is 8.72. The Kier molecular flexibility index (Phi) is 3.44. The average molecular weight is 240 g/mol. The molecule has 0 radical (unpaired) electrons. The standard InChI is InChI=1S/C14H12N2O2/c1-2-18-13(17)8-7-10-9-16-14(15)12-6-4-3-5-11(10)12/h3-6,9H,2H2,1H3,(H2,15,16).